The van der Waals surface area contributed by atoms with Crippen molar-refractivity contribution in [3.63, 3.8) is 0 Å². The first-order valence-corrected chi connectivity index (χ1v) is 8.05. The molecule has 1 aromatic rings. The minimum atomic E-state index is -3.09. The Balaban J connectivity index is 2.03. The molecular formula is C13H18N2O3S. The molecule has 1 atom stereocenters. The Kier molecular flexibility index (Phi) is 3.91. The van der Waals surface area contributed by atoms with E-state index in [9.17, 15) is 13.2 Å². The molecule has 0 unspecified atom stereocenters. The maximum atomic E-state index is 11.4. The predicted octanol–water partition coefficient (Wildman–Crippen LogP) is 0.610. The molecule has 104 valence electrons. The fourth-order valence-corrected chi connectivity index (χ4v) is 3.37. The number of amides is 1. The van der Waals surface area contributed by atoms with Gasteiger partial charge in [0.25, 0.3) is 0 Å². The SMILES string of the molecule is CS(=O)(=O)N1CC[C@H](Cc2cccc(C(N)=O)c2)C1. The number of sulfonamides is 1. The molecule has 2 rings (SSSR count). The van der Waals surface area contributed by atoms with Crippen LogP contribution >= 0.6 is 0 Å². The highest BCUT2D eigenvalue weighted by Gasteiger charge is 2.28. The maximum absolute atomic E-state index is 11.4. The van der Waals surface area contributed by atoms with Crippen molar-refractivity contribution in [1.29, 1.82) is 0 Å². The van der Waals surface area contributed by atoms with Crippen LogP contribution in [0.3, 0.4) is 0 Å². The van der Waals surface area contributed by atoms with Gasteiger partial charge in [0.05, 0.1) is 6.26 Å². The lowest BCUT2D eigenvalue weighted by atomic mass is 9.97. The number of hydrogen-bond acceptors (Lipinski definition) is 3. The van der Waals surface area contributed by atoms with Crippen LogP contribution in [-0.2, 0) is 16.4 Å². The Morgan fingerprint density at radius 2 is 2.21 bits per heavy atom. The van der Waals surface area contributed by atoms with Gasteiger partial charge in [0.15, 0.2) is 0 Å². The van der Waals surface area contributed by atoms with Crippen LogP contribution in [0.2, 0.25) is 0 Å². The van der Waals surface area contributed by atoms with Gasteiger partial charge in [0.1, 0.15) is 0 Å². The van der Waals surface area contributed by atoms with Crippen LogP contribution in [0.5, 0.6) is 0 Å². The van der Waals surface area contributed by atoms with Gasteiger partial charge < -0.3 is 5.73 Å². The topological polar surface area (TPSA) is 80.5 Å². The van der Waals surface area contributed by atoms with Crippen LogP contribution in [0.15, 0.2) is 24.3 Å². The number of rotatable bonds is 4. The predicted molar refractivity (Wildman–Crippen MR) is 73.2 cm³/mol. The molecule has 6 heteroatoms. The second-order valence-electron chi connectivity index (χ2n) is 5.04. The number of nitrogens with two attached hydrogens (primary N) is 1. The lowest BCUT2D eigenvalue weighted by molar-refractivity contribution is 0.1000. The van der Waals surface area contributed by atoms with E-state index in [0.29, 0.717) is 24.6 Å². The average Bonchev–Trinajstić information content (AvgIpc) is 2.77. The van der Waals surface area contributed by atoms with Crippen molar-refractivity contribution in [2.45, 2.75) is 12.8 Å². The van der Waals surface area contributed by atoms with Crippen LogP contribution < -0.4 is 5.73 Å². The molecule has 0 aromatic heterocycles. The number of hydrogen-bond donors (Lipinski definition) is 1. The molecule has 0 bridgehead atoms. The molecule has 0 saturated carbocycles. The largest absolute Gasteiger partial charge is 0.366 e. The Bertz CT molecular complexity index is 583. The summed E-state index contributed by atoms with van der Waals surface area (Å²) >= 11 is 0. The molecule has 1 saturated heterocycles. The van der Waals surface area contributed by atoms with Gasteiger partial charge in [-0.05, 0) is 36.5 Å². The summed E-state index contributed by atoms with van der Waals surface area (Å²) in [6.07, 6.45) is 2.87. The van der Waals surface area contributed by atoms with Crippen LogP contribution in [0.4, 0.5) is 0 Å². The van der Waals surface area contributed by atoms with Crippen LogP contribution in [0.1, 0.15) is 22.3 Å². The molecule has 2 N–H and O–H groups in total. The average molecular weight is 282 g/mol. The molecule has 0 radical (unpaired) electrons. The first-order chi connectivity index (χ1) is 8.86. The van der Waals surface area contributed by atoms with Gasteiger partial charge in [-0.15, -0.1) is 0 Å². The van der Waals surface area contributed by atoms with Gasteiger partial charge in [-0.1, -0.05) is 12.1 Å². The molecule has 5 nitrogen and oxygen atoms in total. The van der Waals surface area contributed by atoms with Gasteiger partial charge in [-0.2, -0.15) is 0 Å². The van der Waals surface area contributed by atoms with Crippen molar-refractivity contribution in [2.24, 2.45) is 11.7 Å². The van der Waals surface area contributed by atoms with E-state index in [1.807, 2.05) is 6.07 Å². The van der Waals surface area contributed by atoms with Crippen molar-refractivity contribution in [1.82, 2.24) is 4.31 Å². The summed E-state index contributed by atoms with van der Waals surface area (Å²) in [6.45, 7) is 1.14. The standard InChI is InChI=1S/C13H18N2O3S/c1-19(17,18)15-6-5-11(9-15)7-10-3-2-4-12(8-10)13(14)16/h2-4,8,11H,5-7,9H2,1H3,(H2,14,16)/t11-/m1/s1. The van der Waals surface area contributed by atoms with E-state index >= 15 is 0 Å². The molecule has 1 aliphatic rings. The zero-order chi connectivity index (χ0) is 14.0. The van der Waals surface area contributed by atoms with Gasteiger partial charge in [-0.3, -0.25) is 4.79 Å². The molecule has 1 heterocycles. The Morgan fingerprint density at radius 1 is 1.47 bits per heavy atom. The Labute approximate surface area is 113 Å². The number of benzene rings is 1. The summed E-state index contributed by atoms with van der Waals surface area (Å²) in [5.41, 5.74) is 6.76. The van der Waals surface area contributed by atoms with Crippen LogP contribution in [-0.4, -0.2) is 38.0 Å². The summed E-state index contributed by atoms with van der Waals surface area (Å²) in [5.74, 6) is -0.135. The molecule has 19 heavy (non-hydrogen) atoms. The molecule has 0 spiro atoms. The van der Waals surface area contributed by atoms with Crippen LogP contribution in [0.25, 0.3) is 0 Å². The zero-order valence-corrected chi connectivity index (χ0v) is 11.7. The monoisotopic (exact) mass is 282 g/mol. The normalized spacial score (nSPS) is 20.6. The fourth-order valence-electron chi connectivity index (χ4n) is 2.45. The highest BCUT2D eigenvalue weighted by atomic mass is 32.2. The van der Waals surface area contributed by atoms with Crippen molar-refractivity contribution < 1.29 is 13.2 Å². The van der Waals surface area contributed by atoms with Gasteiger partial charge in [0, 0.05) is 18.7 Å². The molecular weight excluding hydrogens is 264 g/mol. The van der Waals surface area contributed by atoms with E-state index < -0.39 is 15.9 Å². The highest BCUT2D eigenvalue weighted by Crippen LogP contribution is 2.23. The summed E-state index contributed by atoms with van der Waals surface area (Å²) in [6, 6.07) is 7.21. The highest BCUT2D eigenvalue weighted by molar-refractivity contribution is 7.88. The third kappa shape index (κ3) is 3.54. The van der Waals surface area contributed by atoms with E-state index in [1.165, 1.54) is 10.6 Å². The molecule has 1 amide bonds. The molecule has 0 aliphatic carbocycles. The number of nitrogens with zero attached hydrogens (tertiary/aromatic N) is 1. The van der Waals surface area contributed by atoms with Crippen molar-refractivity contribution in [3.05, 3.63) is 35.4 Å². The van der Waals surface area contributed by atoms with E-state index in [0.717, 1.165) is 18.4 Å². The molecule has 1 aliphatic heterocycles. The van der Waals surface area contributed by atoms with Gasteiger partial charge in [0.2, 0.25) is 15.9 Å². The van der Waals surface area contributed by atoms with Gasteiger partial charge >= 0.3 is 0 Å². The number of carbonyl (C=O) groups is 1. The van der Waals surface area contributed by atoms with E-state index in [4.69, 9.17) is 5.73 Å². The van der Waals surface area contributed by atoms with Crippen molar-refractivity contribution in [3.8, 4) is 0 Å². The summed E-state index contributed by atoms with van der Waals surface area (Å²) < 4.78 is 24.4. The second kappa shape index (κ2) is 5.30. The third-order valence-corrected chi connectivity index (χ3v) is 4.72. The maximum Gasteiger partial charge on any atom is 0.248 e. The summed E-state index contributed by atoms with van der Waals surface area (Å²) in [4.78, 5) is 11.1. The Hall–Kier alpha value is -1.40. The second-order valence-corrected chi connectivity index (χ2v) is 7.03. The summed E-state index contributed by atoms with van der Waals surface area (Å²) in [7, 11) is -3.09. The quantitative estimate of drug-likeness (QED) is 0.878. The molecule has 1 fully saturated rings. The smallest absolute Gasteiger partial charge is 0.248 e. The lowest BCUT2D eigenvalue weighted by Crippen LogP contribution is -2.27. The fraction of sp³-hybridized carbons (Fsp3) is 0.462. The lowest BCUT2D eigenvalue weighted by Gasteiger charge is -2.13. The van der Waals surface area contributed by atoms with Crippen molar-refractivity contribution >= 4 is 15.9 Å². The summed E-state index contributed by atoms with van der Waals surface area (Å²) in [5, 5.41) is 0. The van der Waals surface area contributed by atoms with Crippen LogP contribution in [0, 0.1) is 5.92 Å². The van der Waals surface area contributed by atoms with E-state index in [-0.39, 0.29) is 0 Å². The zero-order valence-electron chi connectivity index (χ0n) is 10.9. The number of carbonyl (C=O) groups excluding carboxylic acids is 1. The number of primary amides is 1. The van der Waals surface area contributed by atoms with Gasteiger partial charge in [-0.25, -0.2) is 12.7 Å². The Morgan fingerprint density at radius 3 is 2.79 bits per heavy atom. The van der Waals surface area contributed by atoms with E-state index in [1.54, 1.807) is 18.2 Å². The van der Waals surface area contributed by atoms with Crippen molar-refractivity contribution in [2.75, 3.05) is 19.3 Å². The third-order valence-electron chi connectivity index (χ3n) is 3.45. The minimum Gasteiger partial charge on any atom is -0.366 e. The first kappa shape index (κ1) is 14.0. The first-order valence-electron chi connectivity index (χ1n) is 6.20. The molecule has 1 aromatic carbocycles. The minimum absolute atomic E-state index is 0.304. The van der Waals surface area contributed by atoms with E-state index in [2.05, 4.69) is 0 Å².